The third-order valence-electron chi connectivity index (χ3n) is 2.25. The summed E-state index contributed by atoms with van der Waals surface area (Å²) in [5.74, 6) is 0. The van der Waals surface area contributed by atoms with Crippen LogP contribution in [0.25, 0.3) is 10.9 Å². The number of hydrogen-bond acceptors (Lipinski definition) is 3. The highest BCUT2D eigenvalue weighted by atomic mass is 79.9. The molecule has 2 rings (SSSR count). The highest BCUT2D eigenvalue weighted by Crippen LogP contribution is 2.20. The van der Waals surface area contributed by atoms with E-state index < -0.39 is 7.04 Å². The van der Waals surface area contributed by atoms with Gasteiger partial charge >= 0.3 is 0 Å². The van der Waals surface area contributed by atoms with Crippen molar-refractivity contribution in [3.05, 3.63) is 26.7 Å². The number of nitrogens with zero attached hydrogens (tertiary/aromatic N) is 2. The van der Waals surface area contributed by atoms with E-state index in [0.29, 0.717) is 15.5 Å². The number of methoxy groups -OCH3 is 1. The number of halogens is 1. The fraction of sp³-hybridized carbons (Fsp3) is 0.400. The van der Waals surface area contributed by atoms with Crippen molar-refractivity contribution in [2.75, 3.05) is 13.6 Å². The SMILES string of the molecule is [2H]C([2H])([2H])OCCn1[nH]c(=O)c2cc(C)nc(Br)c21. The van der Waals surface area contributed by atoms with Crippen molar-refractivity contribution in [3.8, 4) is 0 Å². The van der Waals surface area contributed by atoms with Gasteiger partial charge in [0.1, 0.15) is 10.1 Å². The van der Waals surface area contributed by atoms with Crippen molar-refractivity contribution >= 4 is 26.8 Å². The first-order chi connectivity index (χ1) is 8.78. The van der Waals surface area contributed by atoms with Gasteiger partial charge in [0.05, 0.1) is 22.7 Å². The van der Waals surface area contributed by atoms with E-state index in [0.717, 1.165) is 5.69 Å². The van der Waals surface area contributed by atoms with Crippen LogP contribution >= 0.6 is 15.9 Å². The molecule has 2 aromatic rings. The van der Waals surface area contributed by atoms with Crippen molar-refractivity contribution in [1.82, 2.24) is 14.8 Å². The second-order valence-electron chi connectivity index (χ2n) is 3.39. The third kappa shape index (κ3) is 1.90. The Balaban J connectivity index is 2.32. The number of fused-ring (bicyclic) bond motifs is 1. The molecule has 1 N–H and O–H groups in total. The predicted molar refractivity (Wildman–Crippen MR) is 64.7 cm³/mol. The second-order valence-corrected chi connectivity index (χ2v) is 4.14. The summed E-state index contributed by atoms with van der Waals surface area (Å²) >= 11 is 3.30. The molecule has 0 aliphatic carbocycles. The molecule has 16 heavy (non-hydrogen) atoms. The van der Waals surface area contributed by atoms with E-state index in [2.05, 4.69) is 30.7 Å². The molecule has 0 saturated heterocycles. The molecule has 0 fully saturated rings. The van der Waals surface area contributed by atoms with Gasteiger partial charge in [0.25, 0.3) is 5.56 Å². The van der Waals surface area contributed by atoms with Crippen LogP contribution in [0, 0.1) is 6.92 Å². The van der Waals surface area contributed by atoms with Gasteiger partial charge in [-0.15, -0.1) is 0 Å². The third-order valence-corrected chi connectivity index (χ3v) is 2.80. The van der Waals surface area contributed by atoms with E-state index in [1.165, 1.54) is 4.68 Å². The molecule has 0 spiro atoms. The lowest BCUT2D eigenvalue weighted by molar-refractivity contribution is 0.184. The summed E-state index contributed by atoms with van der Waals surface area (Å²) in [6, 6.07) is 1.68. The second kappa shape index (κ2) is 4.39. The topological polar surface area (TPSA) is 59.9 Å². The van der Waals surface area contributed by atoms with Crippen molar-refractivity contribution in [2.24, 2.45) is 0 Å². The quantitative estimate of drug-likeness (QED) is 0.870. The van der Waals surface area contributed by atoms with Crippen molar-refractivity contribution in [1.29, 1.82) is 0 Å². The predicted octanol–water partition coefficient (Wildman–Crippen LogP) is 1.44. The van der Waals surface area contributed by atoms with Gasteiger partial charge in [0.2, 0.25) is 0 Å². The number of hydrogen-bond donors (Lipinski definition) is 1. The number of aromatic nitrogens is 3. The number of ether oxygens (including phenoxy) is 1. The number of aryl methyl sites for hydroxylation is 1. The van der Waals surface area contributed by atoms with E-state index >= 15 is 0 Å². The first-order valence-corrected chi connectivity index (χ1v) is 5.47. The monoisotopic (exact) mass is 288 g/mol. The standard InChI is InChI=1S/C10H12BrN3O2/c1-6-5-7-8(9(11)12-6)14(3-4-16-2)13-10(7)15/h5H,3-4H2,1-2H3,(H,13,15)/i2D3. The minimum atomic E-state index is -2.44. The largest absolute Gasteiger partial charge is 0.383 e. The molecule has 0 atom stereocenters. The Bertz CT molecular complexity index is 662. The summed E-state index contributed by atoms with van der Waals surface area (Å²) in [6.45, 7) is 1.98. The van der Waals surface area contributed by atoms with Gasteiger partial charge in [-0.25, -0.2) is 4.98 Å². The van der Waals surface area contributed by atoms with E-state index in [1.54, 1.807) is 13.0 Å². The average molecular weight is 289 g/mol. The zero-order valence-electron chi connectivity index (χ0n) is 11.6. The first-order valence-electron chi connectivity index (χ1n) is 6.17. The molecule has 0 radical (unpaired) electrons. The molecule has 0 aliphatic rings. The Morgan fingerprint density at radius 2 is 2.56 bits per heavy atom. The van der Waals surface area contributed by atoms with Crippen LogP contribution in [-0.2, 0) is 11.3 Å². The Labute approximate surface area is 105 Å². The van der Waals surface area contributed by atoms with Crippen LogP contribution in [0.3, 0.4) is 0 Å². The summed E-state index contributed by atoms with van der Waals surface area (Å²) in [5, 5.41) is 3.14. The molecule has 0 saturated carbocycles. The zero-order valence-corrected chi connectivity index (χ0v) is 10.2. The van der Waals surface area contributed by atoms with Crippen LogP contribution < -0.4 is 5.56 Å². The lowest BCUT2D eigenvalue weighted by atomic mass is 10.3. The van der Waals surface area contributed by atoms with Crippen LogP contribution in [0.15, 0.2) is 15.5 Å². The Kier molecular flexibility index (Phi) is 2.20. The minimum absolute atomic E-state index is 0.0312. The smallest absolute Gasteiger partial charge is 0.272 e. The molecular weight excluding hydrogens is 274 g/mol. The zero-order chi connectivity index (χ0) is 14.2. The van der Waals surface area contributed by atoms with Crippen LogP contribution in [0.1, 0.15) is 9.81 Å². The van der Waals surface area contributed by atoms with Gasteiger partial charge in [0, 0.05) is 12.7 Å². The maximum absolute atomic E-state index is 11.8. The van der Waals surface area contributed by atoms with E-state index in [1.807, 2.05) is 0 Å². The summed E-state index contributed by atoms with van der Waals surface area (Å²) in [7, 11) is -2.44. The lowest BCUT2D eigenvalue weighted by Crippen LogP contribution is -2.09. The van der Waals surface area contributed by atoms with Crippen LogP contribution in [-0.4, -0.2) is 28.4 Å². The molecule has 0 aromatic carbocycles. The van der Waals surface area contributed by atoms with Crippen LogP contribution in [0.2, 0.25) is 0 Å². The highest BCUT2D eigenvalue weighted by Gasteiger charge is 2.11. The van der Waals surface area contributed by atoms with Gasteiger partial charge in [0.15, 0.2) is 0 Å². The normalized spacial score (nSPS) is 14.8. The number of aromatic amines is 1. The maximum atomic E-state index is 11.8. The summed E-state index contributed by atoms with van der Waals surface area (Å²) in [4.78, 5) is 16.0. The minimum Gasteiger partial charge on any atom is -0.383 e. The van der Waals surface area contributed by atoms with Crippen LogP contribution in [0.5, 0.6) is 0 Å². The summed E-state index contributed by atoms with van der Waals surface area (Å²) in [5.41, 5.74) is 1.08. The Morgan fingerprint density at radius 1 is 1.75 bits per heavy atom. The molecule has 0 bridgehead atoms. The van der Waals surface area contributed by atoms with Crippen LogP contribution in [0.4, 0.5) is 0 Å². The molecule has 5 nitrogen and oxygen atoms in total. The number of nitrogens with one attached hydrogen (secondary N) is 1. The molecular formula is C10H12BrN3O2. The Hall–Kier alpha value is -1.14. The number of pyridine rings is 1. The van der Waals surface area contributed by atoms with E-state index in [9.17, 15) is 4.79 Å². The van der Waals surface area contributed by atoms with Gasteiger partial charge in [-0.2, -0.15) is 0 Å². The van der Waals surface area contributed by atoms with Gasteiger partial charge in [-0.05, 0) is 28.9 Å². The van der Waals surface area contributed by atoms with Gasteiger partial charge in [-0.1, -0.05) is 0 Å². The number of rotatable bonds is 3. The number of H-pyrrole nitrogens is 1. The van der Waals surface area contributed by atoms with E-state index in [4.69, 9.17) is 4.11 Å². The Morgan fingerprint density at radius 3 is 3.31 bits per heavy atom. The molecule has 2 heterocycles. The van der Waals surface area contributed by atoms with Gasteiger partial charge in [-0.3, -0.25) is 14.6 Å². The lowest BCUT2D eigenvalue weighted by Gasteiger charge is -2.04. The molecule has 6 heteroatoms. The molecule has 2 aromatic heterocycles. The van der Waals surface area contributed by atoms with Crippen molar-refractivity contribution in [2.45, 2.75) is 13.5 Å². The molecule has 86 valence electrons. The fourth-order valence-corrected chi connectivity index (χ4v) is 2.31. The van der Waals surface area contributed by atoms with Gasteiger partial charge < -0.3 is 4.74 Å². The molecule has 0 unspecified atom stereocenters. The maximum Gasteiger partial charge on any atom is 0.272 e. The van der Waals surface area contributed by atoms with Crippen molar-refractivity contribution in [3.63, 3.8) is 0 Å². The summed E-state index contributed by atoms with van der Waals surface area (Å²) in [6.07, 6.45) is 0. The highest BCUT2D eigenvalue weighted by molar-refractivity contribution is 9.10. The average Bonchev–Trinajstić information content (AvgIpc) is 2.54. The summed E-state index contributed by atoms with van der Waals surface area (Å²) < 4.78 is 27.6. The molecule has 0 amide bonds. The van der Waals surface area contributed by atoms with E-state index in [-0.39, 0.29) is 18.7 Å². The first kappa shape index (κ1) is 8.03. The molecule has 0 aliphatic heterocycles. The van der Waals surface area contributed by atoms with Crippen molar-refractivity contribution < 1.29 is 8.85 Å². The fourth-order valence-electron chi connectivity index (χ4n) is 1.60.